The van der Waals surface area contributed by atoms with Crippen molar-refractivity contribution in [2.45, 2.75) is 31.3 Å². The first-order valence-electron chi connectivity index (χ1n) is 12.8. The van der Waals surface area contributed by atoms with E-state index in [9.17, 15) is 22.8 Å². The highest BCUT2D eigenvalue weighted by Crippen LogP contribution is 2.39. The van der Waals surface area contributed by atoms with Crippen LogP contribution in [-0.4, -0.2) is 52.0 Å². The maximum absolute atomic E-state index is 14.0. The Balaban J connectivity index is 1.19. The Hall–Kier alpha value is -4.71. The third-order valence-corrected chi connectivity index (χ3v) is 7.00. The Morgan fingerprint density at radius 2 is 1.85 bits per heavy atom. The van der Waals surface area contributed by atoms with Crippen LogP contribution >= 0.6 is 0 Å². The number of pyridine rings is 2. The summed E-state index contributed by atoms with van der Waals surface area (Å²) in [7, 11) is 0. The quantitative estimate of drug-likeness (QED) is 0.333. The molecular formula is C29H24F3N5O4. The van der Waals surface area contributed by atoms with E-state index in [-0.39, 0.29) is 52.6 Å². The lowest BCUT2D eigenvalue weighted by Gasteiger charge is -2.46. The van der Waals surface area contributed by atoms with Crippen molar-refractivity contribution < 1.29 is 31.9 Å². The number of amides is 2. The van der Waals surface area contributed by atoms with Crippen molar-refractivity contribution in [3.63, 3.8) is 0 Å². The van der Waals surface area contributed by atoms with Gasteiger partial charge in [-0.3, -0.25) is 14.6 Å². The normalized spacial score (nSPS) is 18.5. The number of rotatable bonds is 6. The van der Waals surface area contributed by atoms with Crippen LogP contribution < -0.4 is 11.1 Å². The van der Waals surface area contributed by atoms with Gasteiger partial charge in [-0.05, 0) is 54.1 Å². The second kappa shape index (κ2) is 10.4. The van der Waals surface area contributed by atoms with E-state index in [2.05, 4.69) is 15.3 Å². The molecule has 9 nitrogen and oxygen atoms in total. The fraction of sp³-hybridized carbons (Fsp3) is 0.241. The average Bonchev–Trinajstić information content (AvgIpc) is 3.37. The number of nitrogens with one attached hydrogen (secondary N) is 1. The van der Waals surface area contributed by atoms with Gasteiger partial charge in [0, 0.05) is 48.9 Å². The van der Waals surface area contributed by atoms with Crippen molar-refractivity contribution in [2.75, 3.05) is 18.8 Å². The van der Waals surface area contributed by atoms with Crippen molar-refractivity contribution in [3.05, 3.63) is 83.4 Å². The van der Waals surface area contributed by atoms with Crippen LogP contribution in [0.5, 0.6) is 0 Å². The van der Waals surface area contributed by atoms with Crippen molar-refractivity contribution in [3.8, 4) is 11.3 Å². The Kier molecular flexibility index (Phi) is 6.70. The summed E-state index contributed by atoms with van der Waals surface area (Å²) in [6, 6.07) is 10.3. The lowest BCUT2D eigenvalue weighted by atomic mass is 9.98. The van der Waals surface area contributed by atoms with Crippen molar-refractivity contribution in [2.24, 2.45) is 0 Å². The number of nitrogens with two attached hydrogens (primary N) is 1. The van der Waals surface area contributed by atoms with Crippen LogP contribution in [0.15, 0.2) is 65.4 Å². The van der Waals surface area contributed by atoms with Crippen molar-refractivity contribution >= 4 is 34.7 Å². The van der Waals surface area contributed by atoms with Gasteiger partial charge in [0.2, 0.25) is 5.91 Å². The molecule has 2 atom stereocenters. The van der Waals surface area contributed by atoms with E-state index in [1.807, 2.05) is 0 Å². The third kappa shape index (κ3) is 5.64. The molecule has 2 unspecified atom stereocenters. The number of ether oxygens (including phenoxy) is 1. The van der Waals surface area contributed by atoms with E-state index in [1.54, 1.807) is 23.1 Å². The molecule has 3 aromatic heterocycles. The van der Waals surface area contributed by atoms with Crippen LogP contribution in [-0.2, 0) is 22.3 Å². The predicted molar refractivity (Wildman–Crippen MR) is 143 cm³/mol. The molecule has 6 heterocycles. The van der Waals surface area contributed by atoms with E-state index in [1.165, 1.54) is 42.7 Å². The highest BCUT2D eigenvalue weighted by atomic mass is 19.4. The van der Waals surface area contributed by atoms with Gasteiger partial charge in [0.05, 0.1) is 35.6 Å². The molecule has 1 aromatic carbocycles. The second-order valence-corrected chi connectivity index (χ2v) is 9.98. The SMILES string of the molecule is Nc1ccc(/C=C/C(=O)NCc2cc3cc(-c4ccc(C(=O)N5CC6CC(C5)O6)cn4)cc(C(F)(F)F)c3o2)cn1. The molecule has 3 aliphatic rings. The summed E-state index contributed by atoms with van der Waals surface area (Å²) in [4.78, 5) is 35.0. The van der Waals surface area contributed by atoms with Gasteiger partial charge in [0.15, 0.2) is 0 Å². The molecule has 3 N–H and O–H groups in total. The van der Waals surface area contributed by atoms with Crippen LogP contribution in [0, 0.1) is 0 Å². The van der Waals surface area contributed by atoms with Gasteiger partial charge in [0.1, 0.15) is 17.2 Å². The van der Waals surface area contributed by atoms with Crippen LogP contribution in [0.1, 0.15) is 33.7 Å². The van der Waals surface area contributed by atoms with Crippen LogP contribution in [0.2, 0.25) is 0 Å². The molecule has 0 radical (unpaired) electrons. The molecule has 0 saturated carbocycles. The Morgan fingerprint density at radius 1 is 1.07 bits per heavy atom. The van der Waals surface area contributed by atoms with Gasteiger partial charge in [0.25, 0.3) is 5.91 Å². The molecule has 3 aliphatic heterocycles. The van der Waals surface area contributed by atoms with Gasteiger partial charge < -0.3 is 25.1 Å². The molecule has 3 saturated heterocycles. The maximum atomic E-state index is 14.0. The van der Waals surface area contributed by atoms with Gasteiger partial charge >= 0.3 is 6.18 Å². The number of carbonyl (C=O) groups excluding carboxylic acids is 2. The van der Waals surface area contributed by atoms with E-state index in [0.29, 0.717) is 30.0 Å². The standard InChI is InChI=1S/C29H24F3N5O4/c30-29(31,32)23-9-18(24-4-3-17(12-34-24)28(39)37-14-21-10-22(15-37)40-21)7-19-8-20(41-27(19)23)13-36-26(38)6-2-16-1-5-25(33)35-11-16/h1-9,11-12,21-22H,10,13-15H2,(H2,33,35)(H,36,38)/b6-2+. The van der Waals surface area contributed by atoms with Crippen LogP contribution in [0.4, 0.5) is 19.0 Å². The minimum Gasteiger partial charge on any atom is -0.459 e. The molecule has 7 rings (SSSR count). The molecule has 210 valence electrons. The first kappa shape index (κ1) is 26.5. The number of piperidine rings is 1. The number of morpholine rings is 1. The lowest BCUT2D eigenvalue weighted by molar-refractivity contribution is -0.171. The highest BCUT2D eigenvalue weighted by molar-refractivity contribution is 5.95. The molecule has 2 bridgehead atoms. The predicted octanol–water partition coefficient (Wildman–Crippen LogP) is 4.43. The number of furan rings is 1. The molecule has 0 spiro atoms. The molecule has 3 fully saturated rings. The summed E-state index contributed by atoms with van der Waals surface area (Å²) in [5.41, 5.74) is 5.74. The van der Waals surface area contributed by atoms with Crippen LogP contribution in [0.25, 0.3) is 28.3 Å². The molecule has 41 heavy (non-hydrogen) atoms. The van der Waals surface area contributed by atoms with Gasteiger partial charge in [-0.1, -0.05) is 0 Å². The number of fused-ring (bicyclic) bond motifs is 3. The minimum absolute atomic E-state index is 0.0641. The summed E-state index contributed by atoms with van der Waals surface area (Å²) < 4.78 is 53.1. The number of halogens is 3. The number of hydrogen-bond donors (Lipinski definition) is 2. The first-order valence-corrected chi connectivity index (χ1v) is 12.8. The number of aromatic nitrogens is 2. The van der Waals surface area contributed by atoms with Gasteiger partial charge in [-0.15, -0.1) is 0 Å². The number of carbonyl (C=O) groups is 2. The zero-order chi connectivity index (χ0) is 28.7. The molecule has 0 aliphatic carbocycles. The minimum atomic E-state index is -4.70. The second-order valence-electron chi connectivity index (χ2n) is 9.98. The number of nitrogens with zero attached hydrogens (tertiary/aromatic N) is 3. The summed E-state index contributed by atoms with van der Waals surface area (Å²) >= 11 is 0. The lowest BCUT2D eigenvalue weighted by Crippen LogP contribution is -2.58. The zero-order valence-corrected chi connectivity index (χ0v) is 21.5. The average molecular weight is 564 g/mol. The summed E-state index contributed by atoms with van der Waals surface area (Å²) in [5.74, 6) is -0.154. The third-order valence-electron chi connectivity index (χ3n) is 7.00. The van der Waals surface area contributed by atoms with Crippen LogP contribution in [0.3, 0.4) is 0 Å². The number of nitrogen functional groups attached to an aromatic ring is 1. The smallest absolute Gasteiger partial charge is 0.420 e. The fourth-order valence-electron chi connectivity index (χ4n) is 4.97. The molecular weight excluding hydrogens is 539 g/mol. The van der Waals surface area contributed by atoms with Crippen molar-refractivity contribution in [1.82, 2.24) is 20.2 Å². The topological polar surface area (TPSA) is 124 Å². The van der Waals surface area contributed by atoms with E-state index < -0.39 is 17.6 Å². The first-order chi connectivity index (χ1) is 19.6. The summed E-state index contributed by atoms with van der Waals surface area (Å²) in [6.45, 7) is 0.910. The summed E-state index contributed by atoms with van der Waals surface area (Å²) in [5, 5.41) is 2.80. The van der Waals surface area contributed by atoms with E-state index in [0.717, 1.165) is 12.5 Å². The largest absolute Gasteiger partial charge is 0.459 e. The number of benzene rings is 1. The molecule has 2 amide bonds. The Labute approximate surface area is 231 Å². The van der Waals surface area contributed by atoms with Gasteiger partial charge in [-0.25, -0.2) is 4.98 Å². The van der Waals surface area contributed by atoms with E-state index in [4.69, 9.17) is 14.9 Å². The monoisotopic (exact) mass is 563 g/mol. The van der Waals surface area contributed by atoms with Gasteiger partial charge in [-0.2, -0.15) is 13.2 Å². The Morgan fingerprint density at radius 3 is 2.51 bits per heavy atom. The highest BCUT2D eigenvalue weighted by Gasteiger charge is 2.40. The van der Waals surface area contributed by atoms with E-state index >= 15 is 0 Å². The molecule has 12 heteroatoms. The summed E-state index contributed by atoms with van der Waals surface area (Å²) in [6.07, 6.45) is 2.06. The number of anilines is 1. The fourth-order valence-corrected chi connectivity index (χ4v) is 4.97. The zero-order valence-electron chi connectivity index (χ0n) is 21.5. The number of hydrogen-bond acceptors (Lipinski definition) is 7. The number of alkyl halides is 3. The Bertz CT molecular complexity index is 1630. The molecule has 4 aromatic rings. The maximum Gasteiger partial charge on any atom is 0.420 e. The van der Waals surface area contributed by atoms with Crippen molar-refractivity contribution in [1.29, 1.82) is 0 Å².